The third-order valence-electron chi connectivity index (χ3n) is 5.85. The minimum Gasteiger partial charge on any atom is -0.406 e. The summed E-state index contributed by atoms with van der Waals surface area (Å²) in [5, 5.41) is 0. The van der Waals surface area contributed by atoms with Crippen LogP contribution >= 0.6 is 0 Å². The van der Waals surface area contributed by atoms with Gasteiger partial charge in [-0.2, -0.15) is 0 Å². The molecule has 0 saturated carbocycles. The van der Waals surface area contributed by atoms with Gasteiger partial charge in [-0.25, -0.2) is 0 Å². The Labute approximate surface area is 173 Å². The number of morpholine rings is 1. The van der Waals surface area contributed by atoms with Crippen molar-refractivity contribution in [3.05, 3.63) is 65.7 Å². The molecule has 2 saturated heterocycles. The number of Topliss-reactive ketones (excluding diaryl/α,β-unsaturated/α-hetero) is 1. The Morgan fingerprint density at radius 3 is 2.33 bits per heavy atom. The predicted octanol–water partition coefficient (Wildman–Crippen LogP) is 4.38. The zero-order valence-corrected chi connectivity index (χ0v) is 16.5. The Balaban J connectivity index is 1.40. The van der Waals surface area contributed by atoms with Crippen molar-refractivity contribution < 1.29 is 27.4 Å². The van der Waals surface area contributed by atoms with Crippen LogP contribution in [0.2, 0.25) is 0 Å². The summed E-state index contributed by atoms with van der Waals surface area (Å²) in [5.74, 6) is -0.339. The quantitative estimate of drug-likeness (QED) is 0.697. The minimum absolute atomic E-state index is 0.0652. The topological polar surface area (TPSA) is 38.8 Å². The van der Waals surface area contributed by atoms with Crippen LogP contribution in [0.1, 0.15) is 24.0 Å². The second kappa shape index (κ2) is 8.78. The molecule has 7 heteroatoms. The fourth-order valence-corrected chi connectivity index (χ4v) is 4.50. The van der Waals surface area contributed by atoms with Gasteiger partial charge in [0.1, 0.15) is 11.5 Å². The average Bonchev–Trinajstić information content (AvgIpc) is 2.67. The van der Waals surface area contributed by atoms with Crippen LogP contribution in [-0.4, -0.2) is 42.3 Å². The number of benzene rings is 2. The number of nitrogens with zero attached hydrogens (tertiary/aromatic N) is 1. The van der Waals surface area contributed by atoms with Crippen LogP contribution in [0.4, 0.5) is 13.2 Å². The fraction of sp³-hybridized carbons (Fsp3) is 0.435. The highest BCUT2D eigenvalue weighted by Gasteiger charge is 2.41. The molecule has 2 aliphatic rings. The molecule has 2 fully saturated rings. The number of fused-ring (bicyclic) bond motifs is 2. The van der Waals surface area contributed by atoms with Crippen molar-refractivity contribution in [3.8, 4) is 5.75 Å². The third kappa shape index (κ3) is 5.21. The number of rotatable bonds is 6. The van der Waals surface area contributed by atoms with Gasteiger partial charge >= 0.3 is 6.36 Å². The zero-order valence-electron chi connectivity index (χ0n) is 16.5. The van der Waals surface area contributed by atoms with E-state index in [0.29, 0.717) is 31.6 Å². The van der Waals surface area contributed by atoms with E-state index in [4.69, 9.17) is 4.74 Å². The number of piperidine rings is 1. The molecule has 0 radical (unpaired) electrons. The van der Waals surface area contributed by atoms with Crippen molar-refractivity contribution in [2.24, 2.45) is 5.92 Å². The molecule has 2 unspecified atom stereocenters. The number of carbonyl (C=O) groups excluding carboxylic acids is 1. The molecule has 30 heavy (non-hydrogen) atoms. The molecule has 2 atom stereocenters. The molecule has 2 aromatic rings. The summed E-state index contributed by atoms with van der Waals surface area (Å²) < 4.78 is 47.0. The van der Waals surface area contributed by atoms with Gasteiger partial charge in [-0.1, -0.05) is 42.5 Å². The first-order valence-corrected chi connectivity index (χ1v) is 10.1. The predicted molar refractivity (Wildman–Crippen MR) is 105 cm³/mol. The second-order valence-electron chi connectivity index (χ2n) is 8.01. The Morgan fingerprint density at radius 2 is 1.67 bits per heavy atom. The Kier molecular flexibility index (Phi) is 6.11. The molecular formula is C23H24F3NO3. The maximum absolute atomic E-state index is 12.9. The molecule has 160 valence electrons. The maximum atomic E-state index is 12.9. The lowest BCUT2D eigenvalue weighted by Crippen LogP contribution is -2.57. The molecule has 0 amide bonds. The van der Waals surface area contributed by atoms with E-state index in [1.807, 2.05) is 18.2 Å². The first kappa shape index (κ1) is 20.9. The molecule has 0 aromatic heterocycles. The molecule has 4 rings (SSSR count). The van der Waals surface area contributed by atoms with Crippen LogP contribution in [0, 0.1) is 5.92 Å². The second-order valence-corrected chi connectivity index (χ2v) is 8.01. The van der Waals surface area contributed by atoms with Crippen LogP contribution < -0.4 is 4.74 Å². The Bertz CT molecular complexity index is 857. The monoisotopic (exact) mass is 419 g/mol. The van der Waals surface area contributed by atoms with Crippen LogP contribution in [0.5, 0.6) is 5.75 Å². The highest BCUT2D eigenvalue weighted by Crippen LogP contribution is 2.34. The number of ketones is 1. The van der Waals surface area contributed by atoms with E-state index in [0.717, 1.165) is 6.54 Å². The van der Waals surface area contributed by atoms with Crippen LogP contribution in [0.15, 0.2) is 54.6 Å². The summed E-state index contributed by atoms with van der Waals surface area (Å²) in [7, 11) is 0. The first-order chi connectivity index (χ1) is 14.4. The van der Waals surface area contributed by atoms with Gasteiger partial charge in [0.25, 0.3) is 0 Å². The highest BCUT2D eigenvalue weighted by molar-refractivity contribution is 5.83. The van der Waals surface area contributed by atoms with Crippen LogP contribution in [-0.2, 0) is 22.5 Å². The average molecular weight is 419 g/mol. The third-order valence-corrected chi connectivity index (χ3v) is 5.85. The summed E-state index contributed by atoms with van der Waals surface area (Å²) in [5.41, 5.74) is 1.77. The van der Waals surface area contributed by atoms with Gasteiger partial charge in [-0.3, -0.25) is 9.69 Å². The van der Waals surface area contributed by atoms with Gasteiger partial charge < -0.3 is 9.47 Å². The molecule has 2 heterocycles. The van der Waals surface area contributed by atoms with E-state index < -0.39 is 6.36 Å². The van der Waals surface area contributed by atoms with E-state index in [2.05, 4.69) is 21.8 Å². The van der Waals surface area contributed by atoms with Gasteiger partial charge in [0, 0.05) is 31.0 Å². The number of ether oxygens (including phenoxy) is 2. The lowest BCUT2D eigenvalue weighted by molar-refractivity contribution is -0.274. The number of halogens is 3. The van der Waals surface area contributed by atoms with Crippen molar-refractivity contribution in [2.45, 2.75) is 44.3 Å². The minimum atomic E-state index is -4.74. The standard InChI is InChI=1S/C23H24F3NO3/c24-23(25,26)30-21-8-4-7-17(9-21)10-22(28)18-11-19-14-29-15-20(12-18)27(19)13-16-5-2-1-3-6-16/h1-9,18-20H,10-15H2. The number of hydrogen-bond acceptors (Lipinski definition) is 4. The van der Waals surface area contributed by atoms with Crippen molar-refractivity contribution in [1.29, 1.82) is 0 Å². The normalized spacial score (nSPS) is 24.4. The van der Waals surface area contributed by atoms with Gasteiger partial charge in [0.05, 0.1) is 13.2 Å². The van der Waals surface area contributed by atoms with E-state index >= 15 is 0 Å². The molecule has 2 aliphatic heterocycles. The number of carbonyl (C=O) groups is 1. The smallest absolute Gasteiger partial charge is 0.406 e. The Morgan fingerprint density at radius 1 is 1.00 bits per heavy atom. The number of alkyl halides is 3. The summed E-state index contributed by atoms with van der Waals surface area (Å²) in [6.45, 7) is 2.03. The largest absolute Gasteiger partial charge is 0.573 e. The summed E-state index contributed by atoms with van der Waals surface area (Å²) in [4.78, 5) is 15.4. The molecule has 4 nitrogen and oxygen atoms in total. The van der Waals surface area contributed by atoms with E-state index in [-0.39, 0.29) is 36.0 Å². The lowest BCUT2D eigenvalue weighted by atomic mass is 9.80. The van der Waals surface area contributed by atoms with Gasteiger partial charge in [0.15, 0.2) is 0 Å². The van der Waals surface area contributed by atoms with E-state index in [1.54, 1.807) is 6.07 Å². The molecule has 0 N–H and O–H groups in total. The lowest BCUT2D eigenvalue weighted by Gasteiger charge is -2.48. The molecule has 2 aromatic carbocycles. The van der Waals surface area contributed by atoms with Crippen molar-refractivity contribution in [3.63, 3.8) is 0 Å². The van der Waals surface area contributed by atoms with Crippen molar-refractivity contribution in [1.82, 2.24) is 4.90 Å². The van der Waals surface area contributed by atoms with Crippen LogP contribution in [0.25, 0.3) is 0 Å². The van der Waals surface area contributed by atoms with Crippen molar-refractivity contribution in [2.75, 3.05) is 13.2 Å². The molecule has 2 bridgehead atoms. The molecular weight excluding hydrogens is 395 g/mol. The van der Waals surface area contributed by atoms with Crippen molar-refractivity contribution >= 4 is 5.78 Å². The summed E-state index contributed by atoms with van der Waals surface area (Å²) >= 11 is 0. The molecule has 0 aliphatic carbocycles. The summed E-state index contributed by atoms with van der Waals surface area (Å²) in [6.07, 6.45) is -3.22. The number of hydrogen-bond donors (Lipinski definition) is 0. The van der Waals surface area contributed by atoms with Gasteiger partial charge in [-0.05, 0) is 36.1 Å². The van der Waals surface area contributed by atoms with Gasteiger partial charge in [-0.15, -0.1) is 13.2 Å². The summed E-state index contributed by atoms with van der Waals surface area (Å²) in [6, 6.07) is 16.3. The van der Waals surface area contributed by atoms with E-state index in [1.165, 1.54) is 23.8 Å². The highest BCUT2D eigenvalue weighted by atomic mass is 19.4. The fourth-order valence-electron chi connectivity index (χ4n) is 4.50. The van der Waals surface area contributed by atoms with Crippen LogP contribution in [0.3, 0.4) is 0 Å². The maximum Gasteiger partial charge on any atom is 0.573 e. The first-order valence-electron chi connectivity index (χ1n) is 10.1. The SMILES string of the molecule is O=C(Cc1cccc(OC(F)(F)F)c1)C1CC2COCC(C1)N2Cc1ccccc1. The molecule has 0 spiro atoms. The Hall–Kier alpha value is -2.38. The zero-order chi connectivity index (χ0) is 21.1. The van der Waals surface area contributed by atoms with Gasteiger partial charge in [0.2, 0.25) is 0 Å². The van der Waals surface area contributed by atoms with E-state index in [9.17, 15) is 18.0 Å².